The van der Waals surface area contributed by atoms with Crippen LogP contribution in [0.3, 0.4) is 0 Å². The van der Waals surface area contributed by atoms with Crippen molar-refractivity contribution in [2.45, 2.75) is 38.2 Å². The maximum Gasteiger partial charge on any atom is 0.138 e. The van der Waals surface area contributed by atoms with Gasteiger partial charge < -0.3 is 10.1 Å². The fourth-order valence-corrected chi connectivity index (χ4v) is 4.31. The predicted molar refractivity (Wildman–Crippen MR) is 76.9 cm³/mol. The zero-order valence-corrected chi connectivity index (χ0v) is 11.6. The normalized spacial score (nSPS) is 22.0. The van der Waals surface area contributed by atoms with Gasteiger partial charge in [-0.3, -0.25) is 0 Å². The number of anilines is 1. The molecule has 1 aliphatic carbocycles. The Balaban J connectivity index is 1.65. The van der Waals surface area contributed by atoms with E-state index in [2.05, 4.69) is 15.3 Å². The van der Waals surface area contributed by atoms with Crippen LogP contribution in [-0.4, -0.2) is 29.2 Å². The number of aryl methyl sites for hydroxylation is 2. The second-order valence-electron chi connectivity index (χ2n) is 5.28. The van der Waals surface area contributed by atoms with E-state index in [0.29, 0.717) is 6.10 Å². The van der Waals surface area contributed by atoms with Gasteiger partial charge in [-0.05, 0) is 37.7 Å². The van der Waals surface area contributed by atoms with Gasteiger partial charge in [0.15, 0.2) is 0 Å². The highest BCUT2D eigenvalue weighted by Crippen LogP contribution is 2.39. The summed E-state index contributed by atoms with van der Waals surface area (Å²) < 4.78 is 5.66. The molecule has 1 N–H and O–H groups in total. The first-order chi connectivity index (χ1) is 9.42. The highest BCUT2D eigenvalue weighted by Gasteiger charge is 2.22. The Hall–Kier alpha value is -1.20. The lowest BCUT2D eigenvalue weighted by Crippen LogP contribution is -2.19. The molecule has 5 heteroatoms. The van der Waals surface area contributed by atoms with Gasteiger partial charge in [-0.1, -0.05) is 0 Å². The summed E-state index contributed by atoms with van der Waals surface area (Å²) in [5.41, 5.74) is 1.48. The number of nitrogens with one attached hydrogen (secondary N) is 1. The summed E-state index contributed by atoms with van der Waals surface area (Å²) in [6.07, 6.45) is 8.02. The first-order valence-corrected chi connectivity index (χ1v) is 7.84. The van der Waals surface area contributed by atoms with Crippen LogP contribution >= 0.6 is 11.3 Å². The van der Waals surface area contributed by atoms with Crippen LogP contribution < -0.4 is 5.32 Å². The summed E-state index contributed by atoms with van der Waals surface area (Å²) in [6, 6.07) is 0. The molecular formula is C14H17N3OS. The summed E-state index contributed by atoms with van der Waals surface area (Å²) in [5, 5.41) is 4.74. The van der Waals surface area contributed by atoms with Gasteiger partial charge in [0, 0.05) is 18.0 Å². The third kappa shape index (κ3) is 2.01. The van der Waals surface area contributed by atoms with Gasteiger partial charge in [-0.2, -0.15) is 0 Å². The third-order valence-corrected chi connectivity index (χ3v) is 5.22. The maximum atomic E-state index is 5.66. The Kier molecular flexibility index (Phi) is 2.89. The maximum absolute atomic E-state index is 5.66. The van der Waals surface area contributed by atoms with Crippen LogP contribution in [-0.2, 0) is 17.6 Å². The first-order valence-electron chi connectivity index (χ1n) is 7.02. The van der Waals surface area contributed by atoms with Crippen LogP contribution in [0.25, 0.3) is 10.2 Å². The van der Waals surface area contributed by atoms with Crippen molar-refractivity contribution in [3.63, 3.8) is 0 Å². The van der Waals surface area contributed by atoms with E-state index in [1.807, 2.05) is 11.3 Å². The smallest absolute Gasteiger partial charge is 0.138 e. The molecule has 3 heterocycles. The molecule has 2 aliphatic rings. The highest BCUT2D eigenvalue weighted by molar-refractivity contribution is 7.19. The van der Waals surface area contributed by atoms with Crippen LogP contribution in [0, 0.1) is 0 Å². The lowest BCUT2D eigenvalue weighted by atomic mass is 10.2. The van der Waals surface area contributed by atoms with E-state index in [0.717, 1.165) is 30.2 Å². The molecule has 1 atom stereocenters. The zero-order valence-electron chi connectivity index (χ0n) is 10.8. The molecule has 19 heavy (non-hydrogen) atoms. The van der Waals surface area contributed by atoms with Crippen LogP contribution in [0.4, 0.5) is 5.82 Å². The summed E-state index contributed by atoms with van der Waals surface area (Å²) >= 11 is 1.84. The molecule has 2 aromatic heterocycles. The van der Waals surface area contributed by atoms with Crippen molar-refractivity contribution in [3.8, 4) is 0 Å². The van der Waals surface area contributed by atoms with Crippen molar-refractivity contribution in [3.05, 3.63) is 16.8 Å². The Bertz CT molecular complexity index is 604. The van der Waals surface area contributed by atoms with Crippen LogP contribution in [0.5, 0.6) is 0 Å². The number of thiophene rings is 1. The molecule has 1 unspecified atom stereocenters. The van der Waals surface area contributed by atoms with Crippen molar-refractivity contribution in [1.29, 1.82) is 0 Å². The van der Waals surface area contributed by atoms with E-state index >= 15 is 0 Å². The molecule has 1 saturated heterocycles. The topological polar surface area (TPSA) is 47.0 Å². The van der Waals surface area contributed by atoms with E-state index in [1.165, 1.54) is 41.5 Å². The molecule has 1 fully saturated rings. The monoisotopic (exact) mass is 275 g/mol. The van der Waals surface area contributed by atoms with Crippen molar-refractivity contribution in [1.82, 2.24) is 9.97 Å². The quantitative estimate of drug-likeness (QED) is 0.935. The Morgan fingerprint density at radius 1 is 1.32 bits per heavy atom. The highest BCUT2D eigenvalue weighted by atomic mass is 32.1. The van der Waals surface area contributed by atoms with Gasteiger partial charge in [-0.15, -0.1) is 11.3 Å². The van der Waals surface area contributed by atoms with Crippen molar-refractivity contribution >= 4 is 27.4 Å². The number of nitrogens with zero attached hydrogens (tertiary/aromatic N) is 2. The van der Waals surface area contributed by atoms with Crippen molar-refractivity contribution in [2.24, 2.45) is 0 Å². The van der Waals surface area contributed by atoms with Gasteiger partial charge >= 0.3 is 0 Å². The third-order valence-electron chi connectivity index (χ3n) is 4.02. The molecule has 4 rings (SSSR count). The zero-order chi connectivity index (χ0) is 12.7. The van der Waals surface area contributed by atoms with Crippen LogP contribution in [0.2, 0.25) is 0 Å². The van der Waals surface area contributed by atoms with Gasteiger partial charge in [0.05, 0.1) is 11.5 Å². The lowest BCUT2D eigenvalue weighted by molar-refractivity contribution is 0.120. The molecule has 0 amide bonds. The van der Waals surface area contributed by atoms with Gasteiger partial charge in [0.2, 0.25) is 0 Å². The Labute approximate surface area is 116 Å². The number of rotatable bonds is 3. The van der Waals surface area contributed by atoms with Gasteiger partial charge in [0.1, 0.15) is 17.0 Å². The SMILES string of the molecule is c1nc(NCC2CCCO2)c2c3c(sc2n1)CCC3. The number of ether oxygens (including phenoxy) is 1. The number of aromatic nitrogens is 2. The molecule has 0 bridgehead atoms. The summed E-state index contributed by atoms with van der Waals surface area (Å²) in [4.78, 5) is 11.5. The molecule has 2 aromatic rings. The standard InChI is InChI=1S/C14H17N3OS/c1-4-10-11(5-1)19-14-12(10)13(16-8-17-14)15-7-9-3-2-6-18-9/h8-9H,1-7H2,(H,15,16,17). The van der Waals surface area contributed by atoms with Crippen molar-refractivity contribution in [2.75, 3.05) is 18.5 Å². The van der Waals surface area contributed by atoms with E-state index in [4.69, 9.17) is 4.74 Å². The molecule has 100 valence electrons. The fraction of sp³-hybridized carbons (Fsp3) is 0.571. The van der Waals surface area contributed by atoms with Gasteiger partial charge in [-0.25, -0.2) is 9.97 Å². The second kappa shape index (κ2) is 4.72. The van der Waals surface area contributed by atoms with Crippen molar-refractivity contribution < 1.29 is 4.74 Å². The minimum Gasteiger partial charge on any atom is -0.376 e. The number of hydrogen-bond acceptors (Lipinski definition) is 5. The Morgan fingerprint density at radius 3 is 3.21 bits per heavy atom. The molecule has 1 aliphatic heterocycles. The molecule has 4 nitrogen and oxygen atoms in total. The first kappa shape index (κ1) is 11.6. The number of fused-ring (bicyclic) bond motifs is 3. The Morgan fingerprint density at radius 2 is 2.32 bits per heavy atom. The van der Waals surface area contributed by atoms with E-state index in [-0.39, 0.29) is 0 Å². The molecule has 0 saturated carbocycles. The molecule has 0 aromatic carbocycles. The number of hydrogen-bond donors (Lipinski definition) is 1. The molecule has 0 spiro atoms. The van der Waals surface area contributed by atoms with Crippen LogP contribution in [0.1, 0.15) is 29.7 Å². The second-order valence-corrected chi connectivity index (χ2v) is 6.36. The van der Waals surface area contributed by atoms with E-state index in [1.54, 1.807) is 6.33 Å². The average Bonchev–Trinajstić information content (AvgIpc) is 3.12. The van der Waals surface area contributed by atoms with E-state index < -0.39 is 0 Å². The summed E-state index contributed by atoms with van der Waals surface area (Å²) in [7, 11) is 0. The predicted octanol–water partition coefficient (Wildman–Crippen LogP) is 2.77. The van der Waals surface area contributed by atoms with E-state index in [9.17, 15) is 0 Å². The fourth-order valence-electron chi connectivity index (χ4n) is 3.08. The van der Waals surface area contributed by atoms with Gasteiger partial charge in [0.25, 0.3) is 0 Å². The average molecular weight is 275 g/mol. The minimum atomic E-state index is 0.344. The minimum absolute atomic E-state index is 0.344. The largest absolute Gasteiger partial charge is 0.376 e. The summed E-state index contributed by atoms with van der Waals surface area (Å²) in [6.45, 7) is 1.76. The molecule has 0 radical (unpaired) electrons. The van der Waals surface area contributed by atoms with Crippen LogP contribution in [0.15, 0.2) is 6.33 Å². The summed E-state index contributed by atoms with van der Waals surface area (Å²) in [5.74, 6) is 1.000. The molecular weight excluding hydrogens is 258 g/mol. The lowest BCUT2D eigenvalue weighted by Gasteiger charge is -2.12.